The number of benzene rings is 1. The van der Waals surface area contributed by atoms with Gasteiger partial charge in [0.15, 0.2) is 6.61 Å². The van der Waals surface area contributed by atoms with E-state index in [-0.39, 0.29) is 24.0 Å². The molecule has 2 aromatic rings. The van der Waals surface area contributed by atoms with Crippen LogP contribution in [0.5, 0.6) is 5.75 Å². The summed E-state index contributed by atoms with van der Waals surface area (Å²) in [6.45, 7) is 1.68. The van der Waals surface area contributed by atoms with Crippen LogP contribution in [0.1, 0.15) is 11.1 Å². The predicted molar refractivity (Wildman–Crippen MR) is 83.6 cm³/mol. The fourth-order valence-electron chi connectivity index (χ4n) is 2.26. The summed E-state index contributed by atoms with van der Waals surface area (Å²) in [5.74, 6) is 0.0826. The number of carbonyl (C=O) groups is 1. The highest BCUT2D eigenvalue weighted by Crippen LogP contribution is 2.32. The number of ether oxygens (including phenoxy) is 1. The number of fused-ring (bicyclic) bond motifs is 1. The van der Waals surface area contributed by atoms with Crippen LogP contribution in [0, 0.1) is 6.92 Å². The molecule has 0 saturated carbocycles. The molecule has 0 aliphatic carbocycles. The van der Waals surface area contributed by atoms with Crippen LogP contribution in [-0.2, 0) is 21.4 Å². The maximum atomic E-state index is 12.5. The van der Waals surface area contributed by atoms with Crippen LogP contribution in [-0.4, -0.2) is 25.9 Å². The molecule has 0 bridgehead atoms. The molecule has 1 aliphatic rings. The lowest BCUT2D eigenvalue weighted by molar-refractivity contribution is -0.118. The van der Waals surface area contributed by atoms with E-state index in [1.54, 1.807) is 37.5 Å². The molecule has 2 N–H and O–H groups in total. The molecular weight excluding hydrogens is 318 g/mol. The van der Waals surface area contributed by atoms with Crippen molar-refractivity contribution in [2.45, 2.75) is 18.4 Å². The van der Waals surface area contributed by atoms with Gasteiger partial charge in [0.1, 0.15) is 5.75 Å². The van der Waals surface area contributed by atoms with Crippen molar-refractivity contribution in [2.75, 3.05) is 11.9 Å². The number of pyridine rings is 1. The molecule has 0 saturated heterocycles. The number of nitrogens with one attached hydrogen (secondary N) is 2. The molecule has 1 aromatic heterocycles. The first-order chi connectivity index (χ1) is 11.0. The van der Waals surface area contributed by atoms with Crippen molar-refractivity contribution >= 4 is 21.6 Å². The molecule has 0 fully saturated rings. The Morgan fingerprint density at radius 1 is 1.39 bits per heavy atom. The normalized spacial score (nSPS) is 13.9. The summed E-state index contributed by atoms with van der Waals surface area (Å²) in [5, 5.41) is 2.65. The lowest BCUT2D eigenvalue weighted by Gasteiger charge is -2.20. The number of hydrogen-bond donors (Lipinski definition) is 2. The fourth-order valence-corrected chi connectivity index (χ4v) is 3.52. The summed E-state index contributed by atoms with van der Waals surface area (Å²) in [6.07, 6.45) is 3.22. The topological polar surface area (TPSA) is 97.4 Å². The van der Waals surface area contributed by atoms with Crippen molar-refractivity contribution in [2.24, 2.45) is 0 Å². The van der Waals surface area contributed by atoms with Gasteiger partial charge in [0, 0.05) is 25.0 Å². The van der Waals surface area contributed by atoms with E-state index in [9.17, 15) is 13.2 Å². The van der Waals surface area contributed by atoms with Crippen LogP contribution in [0.2, 0.25) is 0 Å². The highest BCUT2D eigenvalue weighted by molar-refractivity contribution is 7.89. The Kier molecular flexibility index (Phi) is 4.01. The Morgan fingerprint density at radius 3 is 2.96 bits per heavy atom. The highest BCUT2D eigenvalue weighted by Gasteiger charge is 2.23. The minimum atomic E-state index is -3.71. The quantitative estimate of drug-likeness (QED) is 0.876. The number of hydrogen-bond acceptors (Lipinski definition) is 5. The number of sulfonamides is 1. The standard InChI is InChI=1S/C15H15N3O4S/c1-10-5-12-13(22-9-15(19)18-12)6-14(10)23(20,21)17-8-11-3-2-4-16-7-11/h2-7,17H,8-9H2,1H3,(H,18,19). The summed E-state index contributed by atoms with van der Waals surface area (Å²) >= 11 is 0. The average Bonchev–Trinajstić information content (AvgIpc) is 2.53. The molecule has 1 aliphatic heterocycles. The van der Waals surface area contributed by atoms with Gasteiger partial charge >= 0.3 is 0 Å². The van der Waals surface area contributed by atoms with Crippen LogP contribution in [0.15, 0.2) is 41.6 Å². The minimum absolute atomic E-state index is 0.122. The van der Waals surface area contributed by atoms with Crippen molar-refractivity contribution in [1.29, 1.82) is 0 Å². The van der Waals surface area contributed by atoms with E-state index in [2.05, 4.69) is 15.0 Å². The van der Waals surface area contributed by atoms with Gasteiger partial charge in [0.05, 0.1) is 10.6 Å². The number of carbonyl (C=O) groups excluding carboxylic acids is 1. The Balaban J connectivity index is 1.86. The molecule has 0 unspecified atom stereocenters. The van der Waals surface area contributed by atoms with Crippen molar-refractivity contribution in [3.63, 3.8) is 0 Å². The monoisotopic (exact) mass is 333 g/mol. The number of nitrogens with zero attached hydrogens (tertiary/aromatic N) is 1. The number of rotatable bonds is 4. The number of aromatic nitrogens is 1. The maximum absolute atomic E-state index is 12.5. The fraction of sp³-hybridized carbons (Fsp3) is 0.200. The van der Waals surface area contributed by atoms with Crippen LogP contribution in [0.3, 0.4) is 0 Å². The zero-order valence-corrected chi connectivity index (χ0v) is 13.2. The zero-order valence-electron chi connectivity index (χ0n) is 12.4. The van der Waals surface area contributed by atoms with Gasteiger partial charge in [-0.3, -0.25) is 9.78 Å². The van der Waals surface area contributed by atoms with E-state index in [4.69, 9.17) is 4.74 Å². The van der Waals surface area contributed by atoms with E-state index in [1.807, 2.05) is 0 Å². The molecule has 0 spiro atoms. The molecule has 23 heavy (non-hydrogen) atoms. The molecule has 2 heterocycles. The molecule has 0 radical (unpaired) electrons. The van der Waals surface area contributed by atoms with Crippen LogP contribution >= 0.6 is 0 Å². The predicted octanol–water partition coefficient (Wildman–Crippen LogP) is 1.20. The molecule has 1 amide bonds. The molecule has 1 aromatic carbocycles. The first-order valence-electron chi connectivity index (χ1n) is 6.91. The van der Waals surface area contributed by atoms with Gasteiger partial charge in [-0.2, -0.15) is 0 Å². The van der Waals surface area contributed by atoms with Crippen LogP contribution in [0.25, 0.3) is 0 Å². The molecule has 120 valence electrons. The first-order valence-corrected chi connectivity index (χ1v) is 8.40. The van der Waals surface area contributed by atoms with E-state index >= 15 is 0 Å². The summed E-state index contributed by atoms with van der Waals surface area (Å²) < 4.78 is 32.8. The summed E-state index contributed by atoms with van der Waals surface area (Å²) in [7, 11) is -3.71. The number of amides is 1. The lowest BCUT2D eigenvalue weighted by Crippen LogP contribution is -2.27. The van der Waals surface area contributed by atoms with E-state index < -0.39 is 10.0 Å². The van der Waals surface area contributed by atoms with Gasteiger partial charge in [-0.05, 0) is 30.2 Å². The zero-order chi connectivity index (χ0) is 16.4. The Bertz CT molecular complexity index is 851. The van der Waals surface area contributed by atoms with Crippen molar-refractivity contribution in [1.82, 2.24) is 9.71 Å². The molecule has 8 heteroatoms. The Morgan fingerprint density at radius 2 is 2.22 bits per heavy atom. The third-order valence-corrected chi connectivity index (χ3v) is 4.93. The van der Waals surface area contributed by atoms with Crippen molar-refractivity contribution in [3.05, 3.63) is 47.8 Å². The van der Waals surface area contributed by atoms with Gasteiger partial charge in [-0.1, -0.05) is 6.07 Å². The Hall–Kier alpha value is -2.45. The van der Waals surface area contributed by atoms with E-state index in [0.717, 1.165) is 5.56 Å². The Labute approximate surface area is 133 Å². The molecule has 0 atom stereocenters. The van der Waals surface area contributed by atoms with Gasteiger partial charge < -0.3 is 10.1 Å². The SMILES string of the molecule is Cc1cc2c(cc1S(=O)(=O)NCc1cccnc1)OCC(=O)N2. The second-order valence-corrected chi connectivity index (χ2v) is 6.87. The van der Waals surface area contributed by atoms with Crippen LogP contribution in [0.4, 0.5) is 5.69 Å². The molecule has 3 rings (SSSR count). The van der Waals surface area contributed by atoms with Crippen molar-refractivity contribution < 1.29 is 17.9 Å². The summed E-state index contributed by atoms with van der Waals surface area (Å²) in [5.41, 5.74) is 1.76. The van der Waals surface area contributed by atoms with Crippen LogP contribution < -0.4 is 14.8 Å². The highest BCUT2D eigenvalue weighted by atomic mass is 32.2. The second kappa shape index (κ2) is 5.98. The molecular formula is C15H15N3O4S. The number of anilines is 1. The largest absolute Gasteiger partial charge is 0.482 e. The van der Waals surface area contributed by atoms with Gasteiger partial charge in [0.2, 0.25) is 10.0 Å². The van der Waals surface area contributed by atoms with E-state index in [0.29, 0.717) is 17.0 Å². The van der Waals surface area contributed by atoms with Crippen molar-refractivity contribution in [3.8, 4) is 5.75 Å². The molecule has 7 nitrogen and oxygen atoms in total. The van der Waals surface area contributed by atoms with Gasteiger partial charge in [-0.25, -0.2) is 13.1 Å². The smallest absolute Gasteiger partial charge is 0.262 e. The maximum Gasteiger partial charge on any atom is 0.262 e. The summed E-state index contributed by atoms with van der Waals surface area (Å²) in [4.78, 5) is 15.4. The van der Waals surface area contributed by atoms with Gasteiger partial charge in [-0.15, -0.1) is 0 Å². The lowest BCUT2D eigenvalue weighted by atomic mass is 10.2. The first kappa shape index (κ1) is 15.4. The number of aryl methyl sites for hydroxylation is 1. The second-order valence-electron chi connectivity index (χ2n) is 5.14. The third kappa shape index (κ3) is 3.33. The minimum Gasteiger partial charge on any atom is -0.482 e. The third-order valence-electron chi connectivity index (χ3n) is 3.39. The summed E-state index contributed by atoms with van der Waals surface area (Å²) in [6, 6.07) is 6.54. The average molecular weight is 333 g/mol. The van der Waals surface area contributed by atoms with Gasteiger partial charge in [0.25, 0.3) is 5.91 Å². The van der Waals surface area contributed by atoms with E-state index in [1.165, 1.54) is 6.07 Å².